The van der Waals surface area contributed by atoms with Gasteiger partial charge in [0.2, 0.25) is 5.91 Å². The fraction of sp³-hybridized carbons (Fsp3) is 0.321. The van der Waals surface area contributed by atoms with Gasteiger partial charge in [-0.25, -0.2) is 9.37 Å². The molecule has 36 heavy (non-hydrogen) atoms. The maximum atomic E-state index is 13.9. The van der Waals surface area contributed by atoms with Crippen LogP contribution in [0.2, 0.25) is 0 Å². The van der Waals surface area contributed by atoms with Crippen LogP contribution in [0.4, 0.5) is 9.52 Å². The third-order valence-electron chi connectivity index (χ3n) is 6.69. The van der Waals surface area contributed by atoms with Crippen LogP contribution in [0.25, 0.3) is 22.5 Å². The van der Waals surface area contributed by atoms with Gasteiger partial charge in [-0.05, 0) is 55.7 Å². The van der Waals surface area contributed by atoms with Gasteiger partial charge in [-0.1, -0.05) is 30.3 Å². The molecule has 6 nitrogen and oxygen atoms in total. The molecule has 0 aliphatic carbocycles. The zero-order valence-electron chi connectivity index (χ0n) is 20.8. The summed E-state index contributed by atoms with van der Waals surface area (Å²) in [6.07, 6.45) is 1.78. The van der Waals surface area contributed by atoms with Crippen molar-refractivity contribution in [1.82, 2.24) is 19.7 Å². The molecule has 0 radical (unpaired) electrons. The van der Waals surface area contributed by atoms with Crippen LogP contribution in [0.3, 0.4) is 0 Å². The lowest BCUT2D eigenvalue weighted by molar-refractivity contribution is -0.114. The van der Waals surface area contributed by atoms with E-state index in [4.69, 9.17) is 5.10 Å². The second-order valence-corrected chi connectivity index (χ2v) is 10.5. The van der Waals surface area contributed by atoms with E-state index in [9.17, 15) is 9.18 Å². The van der Waals surface area contributed by atoms with Crippen LogP contribution in [0, 0.1) is 12.7 Å². The number of carbonyl (C=O) groups excluding carboxylic acids is 1. The molecule has 0 fully saturated rings. The van der Waals surface area contributed by atoms with E-state index in [2.05, 4.69) is 45.0 Å². The van der Waals surface area contributed by atoms with Crippen LogP contribution in [0.5, 0.6) is 0 Å². The van der Waals surface area contributed by atoms with E-state index in [-0.39, 0.29) is 17.8 Å². The summed E-state index contributed by atoms with van der Waals surface area (Å²) in [5.41, 5.74) is 5.63. The molecule has 1 aliphatic heterocycles. The zero-order valence-corrected chi connectivity index (χ0v) is 21.6. The lowest BCUT2D eigenvalue weighted by atomic mass is 10.1. The number of aryl methyl sites for hydroxylation is 1. The number of aromatic nitrogens is 3. The summed E-state index contributed by atoms with van der Waals surface area (Å²) in [5.74, 6) is -0.291. The van der Waals surface area contributed by atoms with E-state index in [1.54, 1.807) is 24.3 Å². The first-order valence-corrected chi connectivity index (χ1v) is 13.1. The molecule has 8 heteroatoms. The van der Waals surface area contributed by atoms with Gasteiger partial charge < -0.3 is 5.32 Å². The van der Waals surface area contributed by atoms with Crippen molar-refractivity contribution in [2.75, 3.05) is 18.4 Å². The Balaban J connectivity index is 1.37. The smallest absolute Gasteiger partial charge is 0.223 e. The Hall–Kier alpha value is -3.36. The van der Waals surface area contributed by atoms with Crippen molar-refractivity contribution in [1.29, 1.82) is 0 Å². The lowest BCUT2D eigenvalue weighted by Crippen LogP contribution is -2.38. The van der Waals surface area contributed by atoms with Crippen molar-refractivity contribution < 1.29 is 9.18 Å². The number of amides is 1. The highest BCUT2D eigenvalue weighted by molar-refractivity contribution is 7.15. The minimum Gasteiger partial charge on any atom is -0.302 e. The lowest BCUT2D eigenvalue weighted by Gasteiger charge is -2.28. The van der Waals surface area contributed by atoms with Crippen LogP contribution in [-0.2, 0) is 24.2 Å². The third kappa shape index (κ3) is 5.24. The largest absolute Gasteiger partial charge is 0.302 e. The van der Waals surface area contributed by atoms with Gasteiger partial charge in [0.15, 0.2) is 5.13 Å². The van der Waals surface area contributed by atoms with Crippen molar-refractivity contribution in [3.63, 3.8) is 0 Å². The minimum atomic E-state index is -0.205. The van der Waals surface area contributed by atoms with Gasteiger partial charge in [0.1, 0.15) is 5.82 Å². The molecular weight excluding hydrogens is 473 g/mol. The third-order valence-corrected chi connectivity index (χ3v) is 7.76. The molecule has 2 aromatic heterocycles. The molecule has 5 rings (SSSR count). The number of nitrogens with zero attached hydrogens (tertiary/aromatic N) is 4. The van der Waals surface area contributed by atoms with E-state index in [1.165, 1.54) is 17.9 Å². The molecule has 0 spiro atoms. The minimum absolute atomic E-state index is 0.0854. The number of hydrogen-bond donors (Lipinski definition) is 1. The number of rotatable bonds is 6. The van der Waals surface area contributed by atoms with Crippen LogP contribution in [-0.4, -0.2) is 44.7 Å². The zero-order chi connectivity index (χ0) is 25.2. The van der Waals surface area contributed by atoms with Crippen molar-refractivity contribution in [3.05, 3.63) is 76.5 Å². The highest BCUT2D eigenvalue weighted by atomic mass is 32.1. The number of anilines is 1. The summed E-state index contributed by atoms with van der Waals surface area (Å²) in [4.78, 5) is 19.8. The Morgan fingerprint density at radius 2 is 1.89 bits per heavy atom. The molecule has 4 aromatic rings. The van der Waals surface area contributed by atoms with E-state index in [0.29, 0.717) is 10.7 Å². The van der Waals surface area contributed by atoms with Gasteiger partial charge in [-0.3, -0.25) is 14.4 Å². The van der Waals surface area contributed by atoms with Gasteiger partial charge in [-0.15, -0.1) is 11.3 Å². The molecular formula is C28H30FN5OS. The predicted octanol–water partition coefficient (Wildman–Crippen LogP) is 5.57. The Labute approximate surface area is 214 Å². The van der Waals surface area contributed by atoms with Crippen LogP contribution in [0.15, 0.2) is 54.6 Å². The van der Waals surface area contributed by atoms with Gasteiger partial charge in [0, 0.05) is 42.9 Å². The molecule has 3 heterocycles. The molecule has 0 saturated heterocycles. The van der Waals surface area contributed by atoms with Crippen LogP contribution < -0.4 is 5.32 Å². The summed E-state index contributed by atoms with van der Waals surface area (Å²) in [6, 6.07) is 17.8. The van der Waals surface area contributed by atoms with E-state index < -0.39 is 0 Å². The fourth-order valence-corrected chi connectivity index (χ4v) is 5.78. The quantitative estimate of drug-likeness (QED) is 0.374. The first kappa shape index (κ1) is 24.3. The van der Waals surface area contributed by atoms with Crippen LogP contribution in [0.1, 0.15) is 30.0 Å². The molecule has 0 saturated carbocycles. The fourth-order valence-electron chi connectivity index (χ4n) is 4.73. The van der Waals surface area contributed by atoms with Gasteiger partial charge in [0.05, 0.1) is 23.6 Å². The standard InChI is InChI=1S/C28H30FN5OS/c1-18-15-22(9-10-23(18)29)25-16-26(21-7-5-4-6-8-21)34(32-25)17-19(2)33-13-11-24-27(12-14-33)36-28(31-24)30-20(3)35/h4-10,15-16,19H,11-14,17H2,1-3H3,(H,30,31,35). The van der Waals surface area contributed by atoms with Crippen molar-refractivity contribution in [2.24, 2.45) is 0 Å². The van der Waals surface area contributed by atoms with Crippen LogP contribution >= 0.6 is 11.3 Å². The highest BCUT2D eigenvalue weighted by Gasteiger charge is 2.23. The molecule has 0 bridgehead atoms. The summed E-state index contributed by atoms with van der Waals surface area (Å²) >= 11 is 1.58. The Morgan fingerprint density at radius 1 is 1.11 bits per heavy atom. The summed E-state index contributed by atoms with van der Waals surface area (Å²) in [7, 11) is 0. The van der Waals surface area contributed by atoms with Crippen molar-refractivity contribution in [3.8, 4) is 22.5 Å². The second kappa shape index (κ2) is 10.3. The summed E-state index contributed by atoms with van der Waals surface area (Å²) in [6.45, 7) is 8.11. The topological polar surface area (TPSA) is 63.1 Å². The Morgan fingerprint density at radius 3 is 2.64 bits per heavy atom. The van der Waals surface area contributed by atoms with E-state index in [0.717, 1.165) is 60.7 Å². The first-order valence-electron chi connectivity index (χ1n) is 12.3. The number of hydrogen-bond acceptors (Lipinski definition) is 5. The number of thiazole rings is 1. The van der Waals surface area contributed by atoms with Crippen molar-refractivity contribution >= 4 is 22.4 Å². The predicted molar refractivity (Wildman–Crippen MR) is 143 cm³/mol. The van der Waals surface area contributed by atoms with E-state index in [1.807, 2.05) is 24.3 Å². The number of carbonyl (C=O) groups is 1. The van der Waals surface area contributed by atoms with Crippen molar-refractivity contribution in [2.45, 2.75) is 46.2 Å². The second-order valence-electron chi connectivity index (χ2n) is 9.38. The van der Waals surface area contributed by atoms with E-state index >= 15 is 0 Å². The average Bonchev–Trinajstić information content (AvgIpc) is 3.39. The number of halogens is 1. The normalized spacial score (nSPS) is 14.8. The number of fused-ring (bicyclic) bond motifs is 1. The molecule has 2 aromatic carbocycles. The summed E-state index contributed by atoms with van der Waals surface area (Å²) in [5, 5.41) is 8.48. The maximum absolute atomic E-state index is 13.9. The van der Waals surface area contributed by atoms with Gasteiger partial charge in [0.25, 0.3) is 0 Å². The molecule has 1 unspecified atom stereocenters. The monoisotopic (exact) mass is 503 g/mol. The molecule has 186 valence electrons. The maximum Gasteiger partial charge on any atom is 0.223 e. The Kier molecular flexibility index (Phi) is 6.98. The SMILES string of the molecule is CC(=O)Nc1nc2c(s1)CCN(C(C)Cn1nc(-c3ccc(F)c(C)c3)cc1-c1ccccc1)CC2. The highest BCUT2D eigenvalue weighted by Crippen LogP contribution is 2.29. The number of nitrogens with one attached hydrogen (secondary N) is 1. The number of benzene rings is 2. The first-order chi connectivity index (χ1) is 17.4. The average molecular weight is 504 g/mol. The van der Waals surface area contributed by atoms with Gasteiger partial charge >= 0.3 is 0 Å². The molecule has 1 aliphatic rings. The summed E-state index contributed by atoms with van der Waals surface area (Å²) < 4.78 is 16.0. The Bertz CT molecular complexity index is 1350. The molecule has 1 amide bonds. The molecule has 1 atom stereocenters. The van der Waals surface area contributed by atoms with Gasteiger partial charge in [-0.2, -0.15) is 5.10 Å². The molecule has 1 N–H and O–H groups in total.